The Morgan fingerprint density at radius 2 is 0.600 bits per heavy atom. The van der Waals surface area contributed by atoms with Crippen molar-refractivity contribution in [2.45, 2.75) is 51.9 Å². The van der Waals surface area contributed by atoms with Crippen molar-refractivity contribution in [3.05, 3.63) is 64.2 Å². The molecule has 0 aromatic rings. The zero-order valence-electron chi connectivity index (χ0n) is 13.5. The van der Waals surface area contributed by atoms with Gasteiger partial charge in [0, 0.05) is 36.9 Å². The summed E-state index contributed by atoms with van der Waals surface area (Å²) in [7, 11) is 1.05. The van der Waals surface area contributed by atoms with Crippen molar-refractivity contribution in [2.75, 3.05) is 0 Å². The minimum absolute atomic E-state index is 0. The van der Waals surface area contributed by atoms with E-state index < -0.39 is 0 Å². The molecule has 0 atom stereocenters. The second-order valence-corrected chi connectivity index (χ2v) is 9.80. The molecule has 2 rings (SSSR count). The molecule has 0 saturated heterocycles. The van der Waals surface area contributed by atoms with E-state index in [1.54, 1.807) is 0 Å². The Morgan fingerprint density at radius 1 is 0.450 bits per heavy atom. The first-order valence-electron chi connectivity index (χ1n) is 6.83. The fourth-order valence-corrected chi connectivity index (χ4v) is 4.02. The molecule has 11 radical (unpaired) electrons. The maximum atomic E-state index is 2.30. The minimum atomic E-state index is 0. The van der Waals surface area contributed by atoms with Crippen LogP contribution in [0.25, 0.3) is 0 Å². The smallest absolute Gasteiger partial charge is 0 e. The Hall–Kier alpha value is 1.66. The molecule has 0 aliphatic heterocycles. The molecule has 0 heterocycles. The molecule has 0 N–H and O–H groups in total. The van der Waals surface area contributed by atoms with Crippen molar-refractivity contribution < 1.29 is 36.9 Å². The summed E-state index contributed by atoms with van der Waals surface area (Å²) in [5, 5.41) is 1.02. The molecule has 0 bridgehead atoms. The number of rotatable bonds is 0. The Labute approximate surface area is 160 Å². The van der Waals surface area contributed by atoms with E-state index in [0.29, 0.717) is 10.3 Å². The fourth-order valence-electron chi connectivity index (χ4n) is 1.77. The predicted molar refractivity (Wildman–Crippen MR) is 90.8 cm³/mol. The monoisotopic (exact) mass is 451 g/mol. The molecule has 0 spiro atoms. The van der Waals surface area contributed by atoms with Gasteiger partial charge in [0.05, 0.1) is 0 Å². The van der Waals surface area contributed by atoms with Gasteiger partial charge in [-0.25, -0.2) is 0 Å². The van der Waals surface area contributed by atoms with Crippen LogP contribution in [-0.4, -0.2) is 10.3 Å². The average Bonchev–Trinajstić information content (AvgIpc) is 2.93. The maximum Gasteiger partial charge on any atom is 0 e. The molecule has 0 aromatic carbocycles. The quantitative estimate of drug-likeness (QED) is 0.439. The van der Waals surface area contributed by atoms with E-state index in [1.165, 1.54) is 0 Å². The first kappa shape index (κ1) is 23.9. The van der Waals surface area contributed by atoms with Crippen LogP contribution in [0.3, 0.4) is 0 Å². The maximum absolute atomic E-state index is 2.30. The van der Waals surface area contributed by atoms with E-state index >= 15 is 0 Å². The van der Waals surface area contributed by atoms with Crippen LogP contribution in [-0.2, 0) is 0 Å². The van der Waals surface area contributed by atoms with Crippen molar-refractivity contribution in [3.8, 4) is 0 Å². The van der Waals surface area contributed by atoms with Crippen molar-refractivity contribution in [1.82, 2.24) is 0 Å². The summed E-state index contributed by atoms with van der Waals surface area (Å²) in [4.78, 5) is 0. The van der Waals surface area contributed by atoms with Gasteiger partial charge in [-0.1, -0.05) is 41.5 Å². The van der Waals surface area contributed by atoms with E-state index in [-0.39, 0.29) is 36.9 Å². The fraction of sp³-hybridized carbons (Fsp3) is 0.444. The van der Waals surface area contributed by atoms with Crippen LogP contribution in [0.5, 0.6) is 0 Å². The summed E-state index contributed by atoms with van der Waals surface area (Å²) >= 11 is 0. The van der Waals surface area contributed by atoms with Crippen LogP contribution in [0.4, 0.5) is 0 Å². The van der Waals surface area contributed by atoms with Gasteiger partial charge in [0.2, 0.25) is 0 Å². The Morgan fingerprint density at radius 3 is 0.650 bits per heavy atom. The molecule has 2 heteroatoms. The van der Waals surface area contributed by atoms with Gasteiger partial charge in [-0.3, -0.25) is 0 Å². The molecule has 121 valence electrons. The van der Waals surface area contributed by atoms with E-state index in [4.69, 9.17) is 0 Å². The second-order valence-electron chi connectivity index (χ2n) is 6.55. The van der Waals surface area contributed by atoms with Gasteiger partial charge in [0.25, 0.3) is 0 Å². The van der Waals surface area contributed by atoms with Crippen molar-refractivity contribution >= 4 is 8.58 Å². The van der Waals surface area contributed by atoms with Crippen LogP contribution < -0.4 is 0 Å². The molecule has 2 saturated carbocycles. The minimum Gasteiger partial charge on any atom is -0.111 e. The summed E-state index contributed by atoms with van der Waals surface area (Å²) in [5.41, 5.74) is 0. The van der Waals surface area contributed by atoms with Crippen LogP contribution in [0.1, 0.15) is 41.5 Å². The predicted octanol–water partition coefficient (Wildman–Crippen LogP) is 5.30. The summed E-state index contributed by atoms with van der Waals surface area (Å²) in [6, 6.07) is 0. The SMILES string of the molecule is CC(C)(C)PC(C)(C)C.[CH]1[CH][CH][CH][CH]1.[CH]1[CH][CH][CH][CH]1.[Lu]. The number of hydrogen-bond acceptors (Lipinski definition) is 0. The van der Waals surface area contributed by atoms with Crippen LogP contribution in [0.2, 0.25) is 0 Å². The molecule has 20 heavy (non-hydrogen) atoms. The van der Waals surface area contributed by atoms with Gasteiger partial charge in [-0.2, -0.15) is 0 Å². The number of hydrogen-bond donors (Lipinski definition) is 0. The van der Waals surface area contributed by atoms with Gasteiger partial charge in [0.15, 0.2) is 0 Å². The summed E-state index contributed by atoms with van der Waals surface area (Å²) in [6.45, 7) is 13.8. The molecule has 0 nitrogen and oxygen atoms in total. The average molecular weight is 451 g/mol. The molecule has 0 unspecified atom stereocenters. The third kappa shape index (κ3) is 22.0. The van der Waals surface area contributed by atoms with Gasteiger partial charge in [0.1, 0.15) is 0 Å². The first-order valence-corrected chi connectivity index (χ1v) is 7.83. The van der Waals surface area contributed by atoms with Crippen LogP contribution in [0, 0.1) is 101 Å². The summed E-state index contributed by atoms with van der Waals surface area (Å²) < 4.78 is 0. The van der Waals surface area contributed by atoms with Gasteiger partial charge < -0.3 is 0 Å². The van der Waals surface area contributed by atoms with Crippen LogP contribution in [0.15, 0.2) is 0 Å². The van der Waals surface area contributed by atoms with Crippen molar-refractivity contribution in [1.29, 1.82) is 0 Å². The van der Waals surface area contributed by atoms with Crippen molar-refractivity contribution in [2.24, 2.45) is 0 Å². The largest absolute Gasteiger partial charge is 0.111 e. The standard InChI is InChI=1S/C8H19P.2C5H5.Lu/c1-7(2,3)9-8(4,5)6;2*1-2-4-5-3-1;/h9H,1-6H3;2*1-5H;. The van der Waals surface area contributed by atoms with Gasteiger partial charge >= 0.3 is 0 Å². The molecule has 2 aliphatic carbocycles. The Kier molecular flexibility index (Phi) is 15.7. The zero-order chi connectivity index (χ0) is 14.8. The van der Waals surface area contributed by atoms with Crippen LogP contribution >= 0.6 is 8.58 Å². The normalized spacial score (nSPS) is 18.3. The molecular formula is C18H29LuP. The van der Waals surface area contributed by atoms with E-state index in [0.717, 1.165) is 8.58 Å². The molecule has 2 aliphatic rings. The van der Waals surface area contributed by atoms with Gasteiger partial charge in [-0.05, 0) is 74.5 Å². The zero-order valence-corrected chi connectivity index (χ0v) is 16.2. The van der Waals surface area contributed by atoms with Gasteiger partial charge in [-0.15, -0.1) is 8.58 Å². The third-order valence-electron chi connectivity index (χ3n) is 1.86. The Balaban J connectivity index is 0. The van der Waals surface area contributed by atoms with Crippen molar-refractivity contribution in [3.63, 3.8) is 0 Å². The van der Waals surface area contributed by atoms with E-state index in [9.17, 15) is 0 Å². The molecule has 0 amide bonds. The molecule has 2 fully saturated rings. The third-order valence-corrected chi connectivity index (χ3v) is 3.36. The molecule has 0 aromatic heterocycles. The van der Waals surface area contributed by atoms with E-state index in [1.807, 2.05) is 64.2 Å². The van der Waals surface area contributed by atoms with E-state index in [2.05, 4.69) is 41.5 Å². The second kappa shape index (κ2) is 13.1. The Bertz CT molecular complexity index is 155. The molecular weight excluding hydrogens is 422 g/mol. The summed E-state index contributed by atoms with van der Waals surface area (Å²) in [6.07, 6.45) is 20.0. The topological polar surface area (TPSA) is 0 Å². The first-order chi connectivity index (χ1) is 8.71. The summed E-state index contributed by atoms with van der Waals surface area (Å²) in [5.74, 6) is 0.